The lowest BCUT2D eigenvalue weighted by molar-refractivity contribution is -0.118. The molecule has 82 valence electrons. The number of hydrogen-bond donors (Lipinski definition) is 1. The summed E-state index contributed by atoms with van der Waals surface area (Å²) < 4.78 is 1.09. The quantitative estimate of drug-likeness (QED) is 0.887. The van der Waals surface area contributed by atoms with Crippen LogP contribution in [-0.4, -0.2) is 24.4 Å². The molecule has 1 aromatic carbocycles. The minimum Gasteiger partial charge on any atom is -0.370 e. The lowest BCUT2D eigenvalue weighted by Gasteiger charge is -2.16. The Morgan fingerprint density at radius 1 is 1.47 bits per heavy atom. The van der Waals surface area contributed by atoms with E-state index in [9.17, 15) is 4.79 Å². The van der Waals surface area contributed by atoms with Crippen LogP contribution in [-0.2, 0) is 11.3 Å². The molecule has 0 bridgehead atoms. The van der Waals surface area contributed by atoms with Gasteiger partial charge in [0.2, 0.25) is 5.91 Å². The summed E-state index contributed by atoms with van der Waals surface area (Å²) in [6.07, 6.45) is 0.404. The lowest BCUT2D eigenvalue weighted by atomic mass is 10.2. The third kappa shape index (κ3) is 4.44. The highest BCUT2D eigenvalue weighted by Gasteiger charge is 2.04. The molecule has 3 nitrogen and oxygen atoms in total. The summed E-state index contributed by atoms with van der Waals surface area (Å²) in [6, 6.07) is 8.06. The van der Waals surface area contributed by atoms with Crippen molar-refractivity contribution in [2.45, 2.75) is 13.0 Å². The predicted molar refractivity (Wildman–Crippen MR) is 64.3 cm³/mol. The number of hydrogen-bond acceptors (Lipinski definition) is 2. The van der Waals surface area contributed by atoms with Gasteiger partial charge in [0.25, 0.3) is 0 Å². The SMILES string of the molecule is CN(CCC(N)=O)Cc1ccccc1Br. The molecule has 0 atom stereocenters. The van der Waals surface area contributed by atoms with Gasteiger partial charge in [0.1, 0.15) is 0 Å². The molecule has 0 radical (unpaired) electrons. The molecule has 2 N–H and O–H groups in total. The lowest BCUT2D eigenvalue weighted by Crippen LogP contribution is -2.24. The molecule has 15 heavy (non-hydrogen) atoms. The standard InChI is InChI=1S/C11H15BrN2O/c1-14(7-6-11(13)15)8-9-4-2-3-5-10(9)12/h2-5H,6-8H2,1H3,(H2,13,15). The second kappa shape index (κ2) is 5.88. The van der Waals surface area contributed by atoms with Crippen molar-refractivity contribution in [3.8, 4) is 0 Å². The number of carbonyl (C=O) groups is 1. The van der Waals surface area contributed by atoms with Crippen molar-refractivity contribution in [1.29, 1.82) is 0 Å². The van der Waals surface area contributed by atoms with Gasteiger partial charge >= 0.3 is 0 Å². The minimum atomic E-state index is -0.256. The molecule has 4 heteroatoms. The van der Waals surface area contributed by atoms with Crippen molar-refractivity contribution < 1.29 is 4.79 Å². The first-order chi connectivity index (χ1) is 7.09. The van der Waals surface area contributed by atoms with Gasteiger partial charge in [-0.15, -0.1) is 0 Å². The average Bonchev–Trinajstić information content (AvgIpc) is 2.18. The fraction of sp³-hybridized carbons (Fsp3) is 0.364. The van der Waals surface area contributed by atoms with E-state index in [2.05, 4.69) is 26.9 Å². The van der Waals surface area contributed by atoms with E-state index < -0.39 is 0 Å². The van der Waals surface area contributed by atoms with Crippen LogP contribution < -0.4 is 5.73 Å². The van der Waals surface area contributed by atoms with Crippen molar-refractivity contribution in [2.24, 2.45) is 5.73 Å². The molecule has 0 aliphatic heterocycles. The van der Waals surface area contributed by atoms with Crippen LogP contribution in [0.5, 0.6) is 0 Å². The summed E-state index contributed by atoms with van der Waals surface area (Å²) >= 11 is 3.49. The van der Waals surface area contributed by atoms with Crippen LogP contribution >= 0.6 is 15.9 Å². The van der Waals surface area contributed by atoms with Crippen molar-refractivity contribution in [3.63, 3.8) is 0 Å². The third-order valence-electron chi connectivity index (χ3n) is 2.14. The number of rotatable bonds is 5. The maximum atomic E-state index is 10.6. The highest BCUT2D eigenvalue weighted by Crippen LogP contribution is 2.17. The van der Waals surface area contributed by atoms with E-state index in [1.54, 1.807) is 0 Å². The normalized spacial score (nSPS) is 10.6. The van der Waals surface area contributed by atoms with Crippen molar-refractivity contribution in [3.05, 3.63) is 34.3 Å². The van der Waals surface area contributed by atoms with Crippen LogP contribution in [0, 0.1) is 0 Å². The molecule has 0 heterocycles. The highest BCUT2D eigenvalue weighted by molar-refractivity contribution is 9.10. The zero-order valence-corrected chi connectivity index (χ0v) is 10.3. The van der Waals surface area contributed by atoms with Crippen LogP contribution in [0.25, 0.3) is 0 Å². The molecule has 0 unspecified atom stereocenters. The molecule has 0 fully saturated rings. The van der Waals surface area contributed by atoms with E-state index in [1.807, 2.05) is 25.2 Å². The summed E-state index contributed by atoms with van der Waals surface area (Å²) in [6.45, 7) is 1.51. The van der Waals surface area contributed by atoms with Crippen molar-refractivity contribution >= 4 is 21.8 Å². The first-order valence-corrected chi connectivity index (χ1v) is 5.59. The Morgan fingerprint density at radius 3 is 2.73 bits per heavy atom. The summed E-state index contributed by atoms with van der Waals surface area (Å²) in [5, 5.41) is 0. The van der Waals surface area contributed by atoms with Gasteiger partial charge in [-0.25, -0.2) is 0 Å². The summed E-state index contributed by atoms with van der Waals surface area (Å²) in [4.78, 5) is 12.7. The second-order valence-electron chi connectivity index (χ2n) is 3.55. The summed E-state index contributed by atoms with van der Waals surface area (Å²) in [5.74, 6) is -0.256. The molecule has 0 aromatic heterocycles. The number of nitrogens with zero attached hydrogens (tertiary/aromatic N) is 1. The van der Waals surface area contributed by atoms with E-state index in [4.69, 9.17) is 5.73 Å². The van der Waals surface area contributed by atoms with Crippen LogP contribution in [0.15, 0.2) is 28.7 Å². The van der Waals surface area contributed by atoms with Gasteiger partial charge in [0.05, 0.1) is 0 Å². The second-order valence-corrected chi connectivity index (χ2v) is 4.40. The Kier molecular flexibility index (Phi) is 4.78. The average molecular weight is 271 g/mol. The molecule has 0 aliphatic carbocycles. The first kappa shape index (κ1) is 12.2. The van der Waals surface area contributed by atoms with Crippen molar-refractivity contribution in [1.82, 2.24) is 4.90 Å². The molecular formula is C11H15BrN2O. The van der Waals surface area contributed by atoms with Gasteiger partial charge in [-0.05, 0) is 18.7 Å². The Bertz CT molecular complexity index is 341. The fourth-order valence-electron chi connectivity index (χ4n) is 1.30. The number of benzene rings is 1. The van der Waals surface area contributed by atoms with Crippen LogP contribution in [0.2, 0.25) is 0 Å². The van der Waals surface area contributed by atoms with Gasteiger partial charge in [0.15, 0.2) is 0 Å². The van der Waals surface area contributed by atoms with Crippen LogP contribution in [0.1, 0.15) is 12.0 Å². The number of nitrogens with two attached hydrogens (primary N) is 1. The summed E-state index contributed by atoms with van der Waals surface area (Å²) in [5.41, 5.74) is 6.30. The predicted octanol–water partition coefficient (Wildman–Crippen LogP) is 1.76. The number of halogens is 1. The molecule has 0 aliphatic rings. The van der Waals surface area contributed by atoms with E-state index in [1.165, 1.54) is 5.56 Å². The van der Waals surface area contributed by atoms with E-state index in [-0.39, 0.29) is 5.91 Å². The van der Waals surface area contributed by atoms with Gasteiger partial charge in [-0.3, -0.25) is 4.79 Å². The van der Waals surface area contributed by atoms with Gasteiger partial charge in [-0.2, -0.15) is 0 Å². The fourth-order valence-corrected chi connectivity index (χ4v) is 1.71. The smallest absolute Gasteiger partial charge is 0.218 e. The third-order valence-corrected chi connectivity index (χ3v) is 2.91. The molecule has 1 aromatic rings. The monoisotopic (exact) mass is 270 g/mol. The molecule has 1 amide bonds. The number of amides is 1. The minimum absolute atomic E-state index is 0.256. The number of primary amides is 1. The van der Waals surface area contributed by atoms with Crippen LogP contribution in [0.4, 0.5) is 0 Å². The Hall–Kier alpha value is -0.870. The van der Waals surface area contributed by atoms with Crippen molar-refractivity contribution in [2.75, 3.05) is 13.6 Å². The topological polar surface area (TPSA) is 46.3 Å². The Balaban J connectivity index is 2.47. The molecular weight excluding hydrogens is 256 g/mol. The van der Waals surface area contributed by atoms with Gasteiger partial charge in [-0.1, -0.05) is 34.1 Å². The van der Waals surface area contributed by atoms with E-state index in [0.29, 0.717) is 13.0 Å². The zero-order valence-electron chi connectivity index (χ0n) is 8.74. The number of carbonyl (C=O) groups excluding carboxylic acids is 1. The van der Waals surface area contributed by atoms with E-state index in [0.717, 1.165) is 11.0 Å². The maximum Gasteiger partial charge on any atom is 0.218 e. The van der Waals surface area contributed by atoms with Gasteiger partial charge < -0.3 is 10.6 Å². The van der Waals surface area contributed by atoms with Crippen LogP contribution in [0.3, 0.4) is 0 Å². The Morgan fingerprint density at radius 2 is 2.13 bits per heavy atom. The highest BCUT2D eigenvalue weighted by atomic mass is 79.9. The molecule has 0 saturated heterocycles. The largest absolute Gasteiger partial charge is 0.370 e. The first-order valence-electron chi connectivity index (χ1n) is 4.80. The Labute approximate surface area is 98.4 Å². The zero-order chi connectivity index (χ0) is 11.3. The maximum absolute atomic E-state index is 10.6. The molecule has 0 spiro atoms. The van der Waals surface area contributed by atoms with Gasteiger partial charge in [0, 0.05) is 24.0 Å². The van der Waals surface area contributed by atoms with E-state index >= 15 is 0 Å². The molecule has 0 saturated carbocycles. The molecule has 1 rings (SSSR count). The summed E-state index contributed by atoms with van der Waals surface area (Å²) in [7, 11) is 1.97.